The summed E-state index contributed by atoms with van der Waals surface area (Å²) < 4.78 is 5.23. The molecule has 0 aromatic carbocycles. The van der Waals surface area contributed by atoms with Crippen LogP contribution >= 0.6 is 0 Å². The van der Waals surface area contributed by atoms with Gasteiger partial charge in [0.05, 0.1) is 23.5 Å². The standard InChI is InChI=1S/C16H22N4O2/c1-4-5-15-14(9-17-10-19-15)16(21)18-8-13-7-12(20-22-13)6-11(2)3/h7,9-11H,4-6,8H2,1-3H3,(H,18,21). The van der Waals surface area contributed by atoms with Gasteiger partial charge in [0.2, 0.25) is 0 Å². The van der Waals surface area contributed by atoms with E-state index in [1.165, 1.54) is 6.33 Å². The second kappa shape index (κ2) is 7.68. The van der Waals surface area contributed by atoms with Gasteiger partial charge in [0, 0.05) is 12.3 Å². The molecular weight excluding hydrogens is 280 g/mol. The van der Waals surface area contributed by atoms with E-state index < -0.39 is 0 Å². The lowest BCUT2D eigenvalue weighted by Crippen LogP contribution is -2.24. The third kappa shape index (κ3) is 4.38. The van der Waals surface area contributed by atoms with Crippen molar-refractivity contribution in [3.05, 3.63) is 41.3 Å². The first-order valence-corrected chi connectivity index (χ1v) is 7.61. The Kier molecular flexibility index (Phi) is 5.63. The van der Waals surface area contributed by atoms with Gasteiger partial charge in [-0.3, -0.25) is 4.79 Å². The third-order valence-corrected chi connectivity index (χ3v) is 3.17. The molecule has 6 nitrogen and oxygen atoms in total. The number of aromatic nitrogens is 3. The summed E-state index contributed by atoms with van der Waals surface area (Å²) in [6, 6.07) is 1.88. The Morgan fingerprint density at radius 1 is 1.41 bits per heavy atom. The number of aryl methyl sites for hydroxylation is 1. The zero-order valence-corrected chi connectivity index (χ0v) is 13.3. The Balaban J connectivity index is 1.96. The highest BCUT2D eigenvalue weighted by molar-refractivity contribution is 5.94. The Hall–Kier alpha value is -2.24. The van der Waals surface area contributed by atoms with Gasteiger partial charge in [-0.2, -0.15) is 0 Å². The van der Waals surface area contributed by atoms with E-state index in [4.69, 9.17) is 4.52 Å². The van der Waals surface area contributed by atoms with Gasteiger partial charge in [0.15, 0.2) is 5.76 Å². The highest BCUT2D eigenvalue weighted by atomic mass is 16.5. The molecule has 0 saturated heterocycles. The minimum Gasteiger partial charge on any atom is -0.359 e. The first-order valence-electron chi connectivity index (χ1n) is 7.61. The molecule has 0 radical (unpaired) electrons. The van der Waals surface area contributed by atoms with Crippen molar-refractivity contribution >= 4 is 5.91 Å². The Morgan fingerprint density at radius 3 is 2.95 bits per heavy atom. The normalized spacial score (nSPS) is 10.9. The number of carbonyl (C=O) groups excluding carboxylic acids is 1. The Morgan fingerprint density at radius 2 is 2.23 bits per heavy atom. The fourth-order valence-electron chi connectivity index (χ4n) is 2.20. The quantitative estimate of drug-likeness (QED) is 0.850. The van der Waals surface area contributed by atoms with Crippen LogP contribution in [-0.2, 0) is 19.4 Å². The molecule has 2 rings (SSSR count). The zero-order chi connectivity index (χ0) is 15.9. The van der Waals surface area contributed by atoms with Gasteiger partial charge in [0.25, 0.3) is 5.91 Å². The van der Waals surface area contributed by atoms with Gasteiger partial charge < -0.3 is 9.84 Å². The van der Waals surface area contributed by atoms with E-state index in [2.05, 4.69) is 41.2 Å². The molecule has 0 fully saturated rings. The largest absolute Gasteiger partial charge is 0.359 e. The van der Waals surface area contributed by atoms with Crippen molar-refractivity contribution in [3.8, 4) is 0 Å². The minimum atomic E-state index is -0.189. The first-order chi connectivity index (χ1) is 10.6. The molecule has 2 aromatic heterocycles. The van der Waals surface area contributed by atoms with Crippen molar-refractivity contribution < 1.29 is 9.32 Å². The van der Waals surface area contributed by atoms with Crippen molar-refractivity contribution in [2.75, 3.05) is 0 Å². The number of rotatable bonds is 7. The van der Waals surface area contributed by atoms with Gasteiger partial charge in [-0.05, 0) is 18.8 Å². The van der Waals surface area contributed by atoms with E-state index in [1.54, 1.807) is 6.20 Å². The number of amides is 1. The fourth-order valence-corrected chi connectivity index (χ4v) is 2.20. The summed E-state index contributed by atoms with van der Waals surface area (Å²) in [5.74, 6) is 0.981. The van der Waals surface area contributed by atoms with E-state index in [0.29, 0.717) is 23.8 Å². The maximum absolute atomic E-state index is 12.2. The smallest absolute Gasteiger partial charge is 0.255 e. The van der Waals surface area contributed by atoms with Crippen molar-refractivity contribution in [3.63, 3.8) is 0 Å². The Bertz CT molecular complexity index is 622. The topological polar surface area (TPSA) is 80.9 Å². The molecule has 2 heterocycles. The molecule has 6 heteroatoms. The molecular formula is C16H22N4O2. The number of nitrogens with zero attached hydrogens (tertiary/aromatic N) is 3. The highest BCUT2D eigenvalue weighted by Gasteiger charge is 2.13. The highest BCUT2D eigenvalue weighted by Crippen LogP contribution is 2.10. The zero-order valence-electron chi connectivity index (χ0n) is 13.3. The van der Waals surface area contributed by atoms with E-state index in [9.17, 15) is 4.79 Å². The molecule has 1 N–H and O–H groups in total. The second-order valence-electron chi connectivity index (χ2n) is 5.70. The van der Waals surface area contributed by atoms with Crippen LogP contribution in [0.5, 0.6) is 0 Å². The van der Waals surface area contributed by atoms with Crippen LogP contribution in [0.4, 0.5) is 0 Å². The van der Waals surface area contributed by atoms with Gasteiger partial charge in [0.1, 0.15) is 6.33 Å². The summed E-state index contributed by atoms with van der Waals surface area (Å²) >= 11 is 0. The molecule has 0 atom stereocenters. The van der Waals surface area contributed by atoms with Gasteiger partial charge in [-0.1, -0.05) is 32.3 Å². The van der Waals surface area contributed by atoms with Crippen molar-refractivity contribution in [2.24, 2.45) is 5.92 Å². The summed E-state index contributed by atoms with van der Waals surface area (Å²) in [6.45, 7) is 6.61. The van der Waals surface area contributed by atoms with E-state index >= 15 is 0 Å². The summed E-state index contributed by atoms with van der Waals surface area (Å²) in [6.07, 6.45) is 5.57. The summed E-state index contributed by atoms with van der Waals surface area (Å²) in [4.78, 5) is 20.4. The molecule has 2 aromatic rings. The second-order valence-corrected chi connectivity index (χ2v) is 5.70. The van der Waals surface area contributed by atoms with Crippen molar-refractivity contribution in [2.45, 2.75) is 46.6 Å². The number of hydrogen-bond acceptors (Lipinski definition) is 5. The molecule has 22 heavy (non-hydrogen) atoms. The van der Waals surface area contributed by atoms with Gasteiger partial charge in [-0.15, -0.1) is 0 Å². The molecule has 118 valence electrons. The van der Waals surface area contributed by atoms with Crippen LogP contribution in [-0.4, -0.2) is 21.0 Å². The molecule has 0 aliphatic carbocycles. The third-order valence-electron chi connectivity index (χ3n) is 3.17. The SMILES string of the molecule is CCCc1ncncc1C(=O)NCc1cc(CC(C)C)no1. The van der Waals surface area contributed by atoms with Crippen LogP contribution in [0, 0.1) is 5.92 Å². The number of nitrogens with one attached hydrogen (secondary N) is 1. The Labute approximate surface area is 130 Å². The van der Waals surface area contributed by atoms with Gasteiger partial charge in [-0.25, -0.2) is 9.97 Å². The lowest BCUT2D eigenvalue weighted by atomic mass is 10.1. The first kappa shape index (κ1) is 16.1. The molecule has 0 unspecified atom stereocenters. The predicted octanol–water partition coefficient (Wildman–Crippen LogP) is 2.55. The van der Waals surface area contributed by atoms with Crippen LogP contribution in [0.3, 0.4) is 0 Å². The molecule has 0 spiro atoms. The minimum absolute atomic E-state index is 0.189. The predicted molar refractivity (Wildman–Crippen MR) is 82.2 cm³/mol. The van der Waals surface area contributed by atoms with Crippen LogP contribution in [0.15, 0.2) is 23.1 Å². The van der Waals surface area contributed by atoms with Crippen LogP contribution in [0.1, 0.15) is 54.7 Å². The van der Waals surface area contributed by atoms with E-state index in [-0.39, 0.29) is 5.91 Å². The number of hydrogen-bond donors (Lipinski definition) is 1. The maximum atomic E-state index is 12.2. The monoisotopic (exact) mass is 302 g/mol. The average molecular weight is 302 g/mol. The fraction of sp³-hybridized carbons (Fsp3) is 0.500. The number of carbonyl (C=O) groups is 1. The van der Waals surface area contributed by atoms with Crippen LogP contribution in [0.2, 0.25) is 0 Å². The summed E-state index contributed by atoms with van der Waals surface area (Å²) in [7, 11) is 0. The van der Waals surface area contributed by atoms with Crippen LogP contribution < -0.4 is 5.32 Å². The lowest BCUT2D eigenvalue weighted by Gasteiger charge is -2.06. The van der Waals surface area contributed by atoms with Crippen molar-refractivity contribution in [1.82, 2.24) is 20.4 Å². The summed E-state index contributed by atoms with van der Waals surface area (Å²) in [5, 5.41) is 6.83. The van der Waals surface area contributed by atoms with Crippen molar-refractivity contribution in [1.29, 1.82) is 0 Å². The lowest BCUT2D eigenvalue weighted by molar-refractivity contribution is 0.0945. The molecule has 0 aliphatic heterocycles. The van der Waals surface area contributed by atoms with Crippen LogP contribution in [0.25, 0.3) is 0 Å². The molecule has 0 saturated carbocycles. The maximum Gasteiger partial charge on any atom is 0.255 e. The van der Waals surface area contributed by atoms with E-state index in [1.807, 2.05) is 6.07 Å². The molecule has 0 bridgehead atoms. The molecule has 0 aliphatic rings. The average Bonchev–Trinajstić information content (AvgIpc) is 2.92. The van der Waals surface area contributed by atoms with E-state index in [0.717, 1.165) is 30.7 Å². The summed E-state index contributed by atoms with van der Waals surface area (Å²) in [5.41, 5.74) is 2.20. The molecule has 1 amide bonds. The van der Waals surface area contributed by atoms with Gasteiger partial charge >= 0.3 is 0 Å².